The maximum atomic E-state index is 13.7. The molecular weight excluding hydrogens is 524 g/mol. The summed E-state index contributed by atoms with van der Waals surface area (Å²) in [5, 5.41) is 10.4. The van der Waals surface area contributed by atoms with Crippen molar-refractivity contribution in [2.24, 2.45) is 0 Å². The normalized spacial score (nSPS) is 13.1. The molecule has 3 aromatic carbocycles. The highest BCUT2D eigenvalue weighted by atomic mass is 35.5. The van der Waals surface area contributed by atoms with Gasteiger partial charge in [0.05, 0.1) is 34.6 Å². The molecular formula is C26H24Cl2FN3O3S. The van der Waals surface area contributed by atoms with Crippen LogP contribution in [0.3, 0.4) is 0 Å². The van der Waals surface area contributed by atoms with Gasteiger partial charge >= 0.3 is 0 Å². The standard InChI is InChI=1S/C26H24Cl2FN3O3S/c1-26(2,18-8-13-21(27)22(28)14-18)24-15-30-25(32(24)20-11-9-19(29)10-12-20)36(34,35)31-23(16-33)17-6-4-3-5-7-17/h3-15,23,31,33H,16H2,1-2H3/t23-/m1/s1. The Morgan fingerprint density at radius 2 is 1.69 bits per heavy atom. The lowest BCUT2D eigenvalue weighted by Gasteiger charge is -2.28. The third kappa shape index (κ3) is 5.19. The lowest BCUT2D eigenvalue weighted by molar-refractivity contribution is 0.258. The lowest BCUT2D eigenvalue weighted by Crippen LogP contribution is -2.33. The number of aliphatic hydroxyl groups excluding tert-OH is 1. The summed E-state index contributed by atoms with van der Waals surface area (Å²) < 4.78 is 44.9. The molecule has 0 aliphatic rings. The summed E-state index contributed by atoms with van der Waals surface area (Å²) in [6.07, 6.45) is 1.47. The highest BCUT2D eigenvalue weighted by Gasteiger charge is 2.34. The number of sulfonamides is 1. The highest BCUT2D eigenvalue weighted by molar-refractivity contribution is 7.89. The maximum absolute atomic E-state index is 13.7. The van der Waals surface area contributed by atoms with Gasteiger partial charge in [-0.15, -0.1) is 0 Å². The molecule has 0 aliphatic carbocycles. The predicted octanol–water partition coefficient (Wildman–Crippen LogP) is 5.66. The molecule has 36 heavy (non-hydrogen) atoms. The van der Waals surface area contributed by atoms with Crippen molar-refractivity contribution in [1.29, 1.82) is 0 Å². The molecule has 6 nitrogen and oxygen atoms in total. The van der Waals surface area contributed by atoms with Gasteiger partial charge in [0.25, 0.3) is 10.0 Å². The summed E-state index contributed by atoms with van der Waals surface area (Å²) in [7, 11) is -4.24. The van der Waals surface area contributed by atoms with Crippen molar-refractivity contribution < 1.29 is 17.9 Å². The Bertz CT molecular complexity index is 1470. The van der Waals surface area contributed by atoms with Gasteiger partial charge in [-0.3, -0.25) is 4.57 Å². The average Bonchev–Trinajstić information content (AvgIpc) is 3.32. The molecule has 2 N–H and O–H groups in total. The van der Waals surface area contributed by atoms with Crippen molar-refractivity contribution in [3.05, 3.63) is 112 Å². The minimum absolute atomic E-state index is 0.299. The molecule has 0 spiro atoms. The predicted molar refractivity (Wildman–Crippen MR) is 139 cm³/mol. The van der Waals surface area contributed by atoms with Crippen LogP contribution in [0.4, 0.5) is 4.39 Å². The average molecular weight is 548 g/mol. The third-order valence-electron chi connectivity index (χ3n) is 6.02. The SMILES string of the molecule is CC(C)(c1ccc(Cl)c(Cl)c1)c1cnc(S(=O)(=O)N[C@H](CO)c2ccccc2)n1-c1ccc(F)cc1. The number of nitrogens with one attached hydrogen (secondary N) is 1. The third-order valence-corrected chi connectivity index (χ3v) is 8.12. The van der Waals surface area contributed by atoms with Gasteiger partial charge in [0.2, 0.25) is 5.16 Å². The van der Waals surface area contributed by atoms with Crippen LogP contribution in [0.2, 0.25) is 10.0 Å². The molecule has 0 aliphatic heterocycles. The number of benzene rings is 3. The molecule has 0 unspecified atom stereocenters. The van der Waals surface area contributed by atoms with E-state index in [1.54, 1.807) is 48.5 Å². The van der Waals surface area contributed by atoms with Crippen molar-refractivity contribution >= 4 is 33.2 Å². The number of imidazole rings is 1. The van der Waals surface area contributed by atoms with Crippen LogP contribution in [0.1, 0.15) is 36.7 Å². The summed E-state index contributed by atoms with van der Waals surface area (Å²) in [5.41, 5.74) is 1.51. The fourth-order valence-corrected chi connectivity index (χ4v) is 5.60. The number of halogens is 3. The minimum Gasteiger partial charge on any atom is -0.394 e. The summed E-state index contributed by atoms with van der Waals surface area (Å²) in [5.74, 6) is -0.462. The number of hydrogen-bond donors (Lipinski definition) is 2. The van der Waals surface area contributed by atoms with Crippen LogP contribution in [0.15, 0.2) is 84.1 Å². The summed E-state index contributed by atoms with van der Waals surface area (Å²) >= 11 is 12.4. The van der Waals surface area contributed by atoms with Crippen LogP contribution in [0, 0.1) is 5.82 Å². The number of hydrogen-bond acceptors (Lipinski definition) is 4. The van der Waals surface area contributed by atoms with E-state index in [1.807, 2.05) is 13.8 Å². The molecule has 188 valence electrons. The van der Waals surface area contributed by atoms with Crippen LogP contribution in [-0.2, 0) is 15.4 Å². The van der Waals surface area contributed by atoms with E-state index < -0.39 is 33.9 Å². The number of aliphatic hydroxyl groups is 1. The van der Waals surface area contributed by atoms with Crippen molar-refractivity contribution in [2.45, 2.75) is 30.5 Å². The van der Waals surface area contributed by atoms with Crippen molar-refractivity contribution in [3.63, 3.8) is 0 Å². The largest absolute Gasteiger partial charge is 0.394 e. The Balaban J connectivity index is 1.87. The first-order valence-corrected chi connectivity index (χ1v) is 13.3. The molecule has 1 aromatic heterocycles. The molecule has 0 saturated carbocycles. The first-order chi connectivity index (χ1) is 17.0. The van der Waals surface area contributed by atoms with E-state index >= 15 is 0 Å². The van der Waals surface area contributed by atoms with E-state index in [0.717, 1.165) is 5.56 Å². The van der Waals surface area contributed by atoms with Gasteiger partial charge in [-0.05, 0) is 47.5 Å². The van der Waals surface area contributed by atoms with Gasteiger partial charge < -0.3 is 5.11 Å². The molecule has 0 saturated heterocycles. The molecule has 1 atom stereocenters. The van der Waals surface area contributed by atoms with Crippen molar-refractivity contribution in [1.82, 2.24) is 14.3 Å². The van der Waals surface area contributed by atoms with E-state index in [-0.39, 0.29) is 5.16 Å². The molecule has 0 amide bonds. The van der Waals surface area contributed by atoms with Gasteiger partial charge in [-0.25, -0.2) is 17.8 Å². The highest BCUT2D eigenvalue weighted by Crippen LogP contribution is 2.37. The number of nitrogens with zero attached hydrogens (tertiary/aromatic N) is 2. The molecule has 0 bridgehead atoms. The monoisotopic (exact) mass is 547 g/mol. The van der Waals surface area contributed by atoms with Gasteiger partial charge in [-0.2, -0.15) is 4.72 Å². The summed E-state index contributed by atoms with van der Waals surface area (Å²) in [6, 6.07) is 18.5. The summed E-state index contributed by atoms with van der Waals surface area (Å²) in [6.45, 7) is 3.34. The Kier molecular flexibility index (Phi) is 7.54. The van der Waals surface area contributed by atoms with Crippen molar-refractivity contribution in [3.8, 4) is 5.69 Å². The topological polar surface area (TPSA) is 84.2 Å². The second kappa shape index (κ2) is 10.3. The minimum atomic E-state index is -4.24. The van der Waals surface area contributed by atoms with E-state index in [0.29, 0.717) is 27.0 Å². The fourth-order valence-electron chi connectivity index (χ4n) is 3.97. The Morgan fingerprint density at radius 3 is 2.31 bits per heavy atom. The zero-order valence-electron chi connectivity index (χ0n) is 19.5. The molecule has 4 rings (SSSR count). The van der Waals surface area contributed by atoms with Crippen LogP contribution >= 0.6 is 23.2 Å². The first kappa shape index (κ1) is 26.3. The fraction of sp³-hybridized carbons (Fsp3) is 0.192. The molecule has 1 heterocycles. The second-order valence-corrected chi connectivity index (χ2v) is 11.2. The van der Waals surface area contributed by atoms with E-state index in [1.165, 1.54) is 35.0 Å². The van der Waals surface area contributed by atoms with E-state index in [4.69, 9.17) is 23.2 Å². The Morgan fingerprint density at radius 1 is 1.03 bits per heavy atom. The Labute approximate surface area is 219 Å². The quantitative estimate of drug-likeness (QED) is 0.298. The van der Waals surface area contributed by atoms with Gasteiger partial charge in [0.1, 0.15) is 5.82 Å². The molecule has 0 fully saturated rings. The molecule has 0 radical (unpaired) electrons. The number of aromatic nitrogens is 2. The zero-order chi connectivity index (χ0) is 26.1. The van der Waals surface area contributed by atoms with E-state index in [2.05, 4.69) is 9.71 Å². The maximum Gasteiger partial charge on any atom is 0.275 e. The Hall–Kier alpha value is -2.75. The zero-order valence-corrected chi connectivity index (χ0v) is 21.8. The van der Waals surface area contributed by atoms with Gasteiger partial charge in [0, 0.05) is 11.1 Å². The molecule has 4 aromatic rings. The van der Waals surface area contributed by atoms with Crippen molar-refractivity contribution in [2.75, 3.05) is 6.61 Å². The summed E-state index contributed by atoms with van der Waals surface area (Å²) in [4.78, 5) is 4.28. The second-order valence-electron chi connectivity index (χ2n) is 8.76. The van der Waals surface area contributed by atoms with Gasteiger partial charge in [-0.1, -0.05) is 73.4 Å². The first-order valence-electron chi connectivity index (χ1n) is 11.0. The van der Waals surface area contributed by atoms with Gasteiger partial charge in [0.15, 0.2) is 0 Å². The van der Waals surface area contributed by atoms with E-state index in [9.17, 15) is 17.9 Å². The smallest absolute Gasteiger partial charge is 0.275 e. The van der Waals surface area contributed by atoms with Crippen LogP contribution < -0.4 is 4.72 Å². The lowest BCUT2D eigenvalue weighted by atomic mass is 9.81. The number of rotatable bonds is 8. The van der Waals surface area contributed by atoms with Crippen LogP contribution in [0.5, 0.6) is 0 Å². The van der Waals surface area contributed by atoms with Crippen LogP contribution in [-0.4, -0.2) is 29.7 Å². The molecule has 10 heteroatoms. The van der Waals surface area contributed by atoms with Crippen LogP contribution in [0.25, 0.3) is 5.69 Å².